The summed E-state index contributed by atoms with van der Waals surface area (Å²) in [6, 6.07) is 3.77. The Morgan fingerprint density at radius 1 is 1.58 bits per heavy atom. The average Bonchev–Trinajstić information content (AvgIpc) is 2.72. The Hall–Kier alpha value is -1.60. The van der Waals surface area contributed by atoms with Gasteiger partial charge in [-0.3, -0.25) is 4.57 Å². The zero-order valence-corrected chi connectivity index (χ0v) is 11.8. The standard InChI is InChI=1S/C12H17N5OS/c1-3-6-17-11(18)15-16-12(17)19-10-7-9(8(2)13)4-5-14-10/h4-5,7-8H,3,6,13H2,1-2H3,(H,15,18)/t8-/m0/s1. The fraction of sp³-hybridized carbons (Fsp3) is 0.417. The minimum absolute atomic E-state index is 0.0423. The molecule has 0 aliphatic rings. The van der Waals surface area contributed by atoms with Crippen molar-refractivity contribution in [3.05, 3.63) is 34.4 Å². The van der Waals surface area contributed by atoms with Crippen LogP contribution in [0.25, 0.3) is 0 Å². The van der Waals surface area contributed by atoms with E-state index in [4.69, 9.17) is 5.73 Å². The van der Waals surface area contributed by atoms with Gasteiger partial charge < -0.3 is 5.73 Å². The van der Waals surface area contributed by atoms with Gasteiger partial charge in [0.2, 0.25) is 0 Å². The van der Waals surface area contributed by atoms with E-state index in [0.29, 0.717) is 11.7 Å². The van der Waals surface area contributed by atoms with Crippen LogP contribution in [0.15, 0.2) is 33.3 Å². The van der Waals surface area contributed by atoms with Crippen molar-refractivity contribution in [2.75, 3.05) is 0 Å². The zero-order valence-electron chi connectivity index (χ0n) is 11.0. The van der Waals surface area contributed by atoms with Gasteiger partial charge in [0.05, 0.1) is 0 Å². The highest BCUT2D eigenvalue weighted by atomic mass is 32.2. The van der Waals surface area contributed by atoms with E-state index in [1.54, 1.807) is 10.8 Å². The number of pyridine rings is 1. The normalized spacial score (nSPS) is 12.6. The van der Waals surface area contributed by atoms with E-state index in [2.05, 4.69) is 15.2 Å². The second-order valence-corrected chi connectivity index (χ2v) is 5.27. The fourth-order valence-electron chi connectivity index (χ4n) is 1.66. The van der Waals surface area contributed by atoms with Gasteiger partial charge in [-0.05, 0) is 42.8 Å². The number of nitrogens with zero attached hydrogens (tertiary/aromatic N) is 3. The average molecular weight is 279 g/mol. The van der Waals surface area contributed by atoms with Gasteiger partial charge in [-0.15, -0.1) is 5.10 Å². The van der Waals surface area contributed by atoms with Crippen molar-refractivity contribution in [2.24, 2.45) is 5.73 Å². The van der Waals surface area contributed by atoms with Gasteiger partial charge >= 0.3 is 5.69 Å². The van der Waals surface area contributed by atoms with Gasteiger partial charge in [-0.25, -0.2) is 14.9 Å². The highest BCUT2D eigenvalue weighted by molar-refractivity contribution is 7.99. The topological polar surface area (TPSA) is 89.6 Å². The van der Waals surface area contributed by atoms with Gasteiger partial charge in [-0.2, -0.15) is 0 Å². The molecule has 0 fully saturated rings. The van der Waals surface area contributed by atoms with E-state index in [1.807, 2.05) is 26.0 Å². The first-order chi connectivity index (χ1) is 9.11. The molecule has 2 aromatic heterocycles. The summed E-state index contributed by atoms with van der Waals surface area (Å²) in [6.45, 7) is 4.58. The molecule has 0 aliphatic carbocycles. The summed E-state index contributed by atoms with van der Waals surface area (Å²) in [5.74, 6) is 0. The number of H-pyrrole nitrogens is 1. The summed E-state index contributed by atoms with van der Waals surface area (Å²) in [7, 11) is 0. The Kier molecular flexibility index (Phi) is 4.39. The van der Waals surface area contributed by atoms with E-state index in [0.717, 1.165) is 17.0 Å². The summed E-state index contributed by atoms with van der Waals surface area (Å²) in [5.41, 5.74) is 6.67. The van der Waals surface area contributed by atoms with E-state index in [1.165, 1.54) is 11.8 Å². The van der Waals surface area contributed by atoms with E-state index in [9.17, 15) is 4.79 Å². The molecule has 0 radical (unpaired) electrons. The summed E-state index contributed by atoms with van der Waals surface area (Å²) < 4.78 is 1.62. The van der Waals surface area contributed by atoms with Crippen LogP contribution in [-0.4, -0.2) is 19.7 Å². The molecular formula is C12H17N5OS. The minimum Gasteiger partial charge on any atom is -0.324 e. The Bertz CT molecular complexity index is 604. The molecule has 102 valence electrons. The first-order valence-electron chi connectivity index (χ1n) is 6.16. The first kappa shape index (κ1) is 13.8. The van der Waals surface area contributed by atoms with Crippen LogP contribution in [-0.2, 0) is 6.54 Å². The number of hydrogen-bond donors (Lipinski definition) is 2. The molecule has 0 bridgehead atoms. The van der Waals surface area contributed by atoms with Crippen molar-refractivity contribution in [2.45, 2.75) is 43.0 Å². The maximum absolute atomic E-state index is 11.6. The quantitative estimate of drug-likeness (QED) is 0.866. The molecular weight excluding hydrogens is 262 g/mol. The van der Waals surface area contributed by atoms with Gasteiger partial charge in [0.15, 0.2) is 5.16 Å². The summed E-state index contributed by atoms with van der Waals surface area (Å²) in [5, 5.41) is 7.89. The first-order valence-corrected chi connectivity index (χ1v) is 6.98. The molecule has 2 heterocycles. The number of aromatic nitrogens is 4. The van der Waals surface area contributed by atoms with Crippen LogP contribution in [0.4, 0.5) is 0 Å². The Morgan fingerprint density at radius 2 is 2.37 bits per heavy atom. The summed E-state index contributed by atoms with van der Waals surface area (Å²) >= 11 is 1.36. The van der Waals surface area contributed by atoms with E-state index < -0.39 is 0 Å². The predicted molar refractivity (Wildman–Crippen MR) is 74.1 cm³/mol. The molecule has 2 rings (SSSR count). The van der Waals surface area contributed by atoms with E-state index >= 15 is 0 Å². The molecule has 7 heteroatoms. The van der Waals surface area contributed by atoms with Crippen LogP contribution in [0.3, 0.4) is 0 Å². The van der Waals surface area contributed by atoms with Crippen LogP contribution in [0.1, 0.15) is 31.9 Å². The number of nitrogens with two attached hydrogens (primary N) is 1. The van der Waals surface area contributed by atoms with Gasteiger partial charge in [0, 0.05) is 18.8 Å². The highest BCUT2D eigenvalue weighted by Crippen LogP contribution is 2.24. The van der Waals surface area contributed by atoms with Gasteiger partial charge in [0.1, 0.15) is 5.03 Å². The maximum Gasteiger partial charge on any atom is 0.343 e. The zero-order chi connectivity index (χ0) is 13.8. The van der Waals surface area contributed by atoms with Crippen LogP contribution < -0.4 is 11.4 Å². The lowest BCUT2D eigenvalue weighted by atomic mass is 10.1. The fourth-order valence-corrected chi connectivity index (χ4v) is 2.53. The SMILES string of the molecule is CCCn1c(Sc2cc([C@H](C)N)ccn2)n[nH]c1=O. The largest absolute Gasteiger partial charge is 0.343 e. The third-order valence-electron chi connectivity index (χ3n) is 2.65. The molecule has 0 aromatic carbocycles. The molecule has 19 heavy (non-hydrogen) atoms. The monoisotopic (exact) mass is 279 g/mol. The van der Waals surface area contributed by atoms with Crippen molar-refractivity contribution in [3.63, 3.8) is 0 Å². The molecule has 0 saturated heterocycles. The van der Waals surface area contributed by atoms with Gasteiger partial charge in [0.25, 0.3) is 0 Å². The van der Waals surface area contributed by atoms with Gasteiger partial charge in [-0.1, -0.05) is 6.92 Å². The molecule has 3 N–H and O–H groups in total. The van der Waals surface area contributed by atoms with Crippen molar-refractivity contribution in [1.82, 2.24) is 19.7 Å². The third-order valence-corrected chi connectivity index (χ3v) is 3.58. The number of hydrogen-bond acceptors (Lipinski definition) is 5. The third kappa shape index (κ3) is 3.24. The van der Waals surface area contributed by atoms with Crippen LogP contribution >= 0.6 is 11.8 Å². The van der Waals surface area contributed by atoms with E-state index in [-0.39, 0.29) is 11.7 Å². The van der Waals surface area contributed by atoms with Crippen LogP contribution in [0.2, 0.25) is 0 Å². The van der Waals surface area contributed by atoms with Crippen molar-refractivity contribution >= 4 is 11.8 Å². The Labute approximate surface area is 115 Å². The molecule has 0 aliphatic heterocycles. The summed E-state index contributed by atoms with van der Waals surface area (Å²) in [4.78, 5) is 15.9. The second-order valence-electron chi connectivity index (χ2n) is 4.28. The van der Waals surface area contributed by atoms with Crippen molar-refractivity contribution in [3.8, 4) is 0 Å². The second kappa shape index (κ2) is 6.03. The lowest BCUT2D eigenvalue weighted by molar-refractivity contribution is 0.603. The molecule has 0 saturated carbocycles. The maximum atomic E-state index is 11.6. The molecule has 0 spiro atoms. The number of aromatic amines is 1. The Morgan fingerprint density at radius 3 is 3.05 bits per heavy atom. The highest BCUT2D eigenvalue weighted by Gasteiger charge is 2.11. The van der Waals surface area contributed by atoms with Crippen LogP contribution in [0, 0.1) is 0 Å². The van der Waals surface area contributed by atoms with Crippen LogP contribution in [0.5, 0.6) is 0 Å². The molecule has 2 aromatic rings. The number of rotatable bonds is 5. The van der Waals surface area contributed by atoms with Crippen molar-refractivity contribution < 1.29 is 0 Å². The lowest BCUT2D eigenvalue weighted by Crippen LogP contribution is -2.17. The predicted octanol–water partition coefficient (Wildman–Crippen LogP) is 1.55. The Balaban J connectivity index is 2.26. The number of nitrogens with one attached hydrogen (secondary N) is 1. The minimum atomic E-state index is -0.187. The molecule has 0 unspecified atom stereocenters. The smallest absolute Gasteiger partial charge is 0.324 e. The van der Waals surface area contributed by atoms with Crippen molar-refractivity contribution in [1.29, 1.82) is 0 Å². The molecule has 1 atom stereocenters. The molecule has 6 nitrogen and oxygen atoms in total. The summed E-state index contributed by atoms with van der Waals surface area (Å²) in [6.07, 6.45) is 2.59. The lowest BCUT2D eigenvalue weighted by Gasteiger charge is -2.07. The molecule has 0 amide bonds.